The largest absolute Gasteiger partial charge is 0.486 e. The maximum absolute atomic E-state index is 12.1. The number of amides is 1. The van der Waals surface area contributed by atoms with E-state index in [4.69, 9.17) is 25.8 Å². The van der Waals surface area contributed by atoms with Gasteiger partial charge in [-0.1, -0.05) is 29.0 Å². The van der Waals surface area contributed by atoms with E-state index in [2.05, 4.69) is 15.5 Å². The molecule has 0 unspecified atom stereocenters. The Morgan fingerprint density at radius 1 is 1.18 bits per heavy atom. The van der Waals surface area contributed by atoms with Crippen LogP contribution in [0.25, 0.3) is 6.08 Å². The van der Waals surface area contributed by atoms with Crippen molar-refractivity contribution in [1.82, 2.24) is 10.2 Å². The first-order chi connectivity index (χ1) is 13.7. The molecule has 1 aromatic heterocycles. The van der Waals surface area contributed by atoms with Crippen molar-refractivity contribution in [3.63, 3.8) is 0 Å². The van der Waals surface area contributed by atoms with E-state index in [0.29, 0.717) is 32.4 Å². The van der Waals surface area contributed by atoms with Crippen LogP contribution >= 0.6 is 22.9 Å². The molecule has 7 nitrogen and oxygen atoms in total. The predicted molar refractivity (Wildman–Crippen MR) is 106 cm³/mol. The van der Waals surface area contributed by atoms with Crippen molar-refractivity contribution in [2.24, 2.45) is 0 Å². The number of hydrogen-bond acceptors (Lipinski definition) is 7. The summed E-state index contributed by atoms with van der Waals surface area (Å²) in [4.78, 5) is 12.1. The molecule has 0 aliphatic carbocycles. The van der Waals surface area contributed by atoms with E-state index in [1.807, 2.05) is 12.1 Å². The number of hydrogen-bond donors (Lipinski definition) is 1. The zero-order valence-corrected chi connectivity index (χ0v) is 16.0. The standard InChI is InChI=1S/C19H14ClN3O4S/c20-13-3-5-14(6-4-13)25-10-18-22-23-19(28-18)21-17(24)8-2-12-1-7-15-16(9-12)27-11-26-15/h1-9H,10-11H2,(H,21,23,24). The van der Waals surface area contributed by atoms with Crippen LogP contribution in [0.15, 0.2) is 48.5 Å². The number of nitrogens with one attached hydrogen (secondary N) is 1. The summed E-state index contributed by atoms with van der Waals surface area (Å²) in [5.74, 6) is 1.73. The van der Waals surface area contributed by atoms with Crippen LogP contribution in [0.4, 0.5) is 5.13 Å². The molecule has 2 heterocycles. The van der Waals surface area contributed by atoms with E-state index in [9.17, 15) is 4.79 Å². The van der Waals surface area contributed by atoms with E-state index in [0.717, 1.165) is 5.56 Å². The molecule has 0 bridgehead atoms. The molecule has 0 fully saturated rings. The van der Waals surface area contributed by atoms with Crippen molar-refractivity contribution in [3.05, 3.63) is 64.1 Å². The molecule has 0 radical (unpaired) electrons. The average molecular weight is 416 g/mol. The number of halogens is 1. The first kappa shape index (κ1) is 18.3. The summed E-state index contributed by atoms with van der Waals surface area (Å²) < 4.78 is 16.2. The monoisotopic (exact) mass is 415 g/mol. The lowest BCUT2D eigenvalue weighted by molar-refractivity contribution is -0.111. The Bertz CT molecular complexity index is 1020. The molecular weight excluding hydrogens is 402 g/mol. The van der Waals surface area contributed by atoms with Gasteiger partial charge < -0.3 is 14.2 Å². The summed E-state index contributed by atoms with van der Waals surface area (Å²) in [6, 6.07) is 12.5. The molecule has 0 atom stereocenters. The van der Waals surface area contributed by atoms with E-state index >= 15 is 0 Å². The predicted octanol–water partition coefficient (Wildman–Crippen LogP) is 4.15. The lowest BCUT2D eigenvalue weighted by Gasteiger charge is -2.02. The molecule has 4 rings (SSSR count). The molecule has 1 aliphatic rings. The SMILES string of the molecule is O=C(C=Cc1ccc2c(c1)OCO2)Nc1nnc(COc2ccc(Cl)cc2)s1. The smallest absolute Gasteiger partial charge is 0.250 e. The Morgan fingerprint density at radius 2 is 2.00 bits per heavy atom. The Balaban J connectivity index is 1.30. The highest BCUT2D eigenvalue weighted by Gasteiger charge is 2.12. The van der Waals surface area contributed by atoms with Crippen molar-refractivity contribution in [2.45, 2.75) is 6.61 Å². The minimum absolute atomic E-state index is 0.212. The Morgan fingerprint density at radius 3 is 2.86 bits per heavy atom. The number of aromatic nitrogens is 2. The second-order valence-corrected chi connectivity index (χ2v) is 7.18. The number of benzene rings is 2. The maximum atomic E-state index is 12.1. The molecule has 28 heavy (non-hydrogen) atoms. The van der Waals surface area contributed by atoms with Gasteiger partial charge in [-0.05, 0) is 48.0 Å². The number of anilines is 1. The lowest BCUT2D eigenvalue weighted by Crippen LogP contribution is -2.07. The highest BCUT2D eigenvalue weighted by molar-refractivity contribution is 7.15. The second-order valence-electron chi connectivity index (χ2n) is 5.68. The molecule has 0 saturated heterocycles. The van der Waals surface area contributed by atoms with Crippen LogP contribution in [0, 0.1) is 0 Å². The van der Waals surface area contributed by atoms with E-state index in [1.165, 1.54) is 17.4 Å². The highest BCUT2D eigenvalue weighted by Crippen LogP contribution is 2.32. The van der Waals surface area contributed by atoms with E-state index in [1.54, 1.807) is 36.4 Å². The topological polar surface area (TPSA) is 82.6 Å². The second kappa shape index (κ2) is 8.28. The summed E-state index contributed by atoms with van der Waals surface area (Å²) >= 11 is 7.08. The van der Waals surface area contributed by atoms with Crippen LogP contribution in [0.5, 0.6) is 17.2 Å². The van der Waals surface area contributed by atoms with Crippen LogP contribution in [0.3, 0.4) is 0 Å². The molecule has 142 valence electrons. The fourth-order valence-electron chi connectivity index (χ4n) is 2.37. The number of fused-ring (bicyclic) bond motifs is 1. The number of nitrogens with zero attached hydrogens (tertiary/aromatic N) is 2. The van der Waals surface area contributed by atoms with Crippen LogP contribution in [0.1, 0.15) is 10.6 Å². The molecular formula is C19H14ClN3O4S. The Labute approximate surface area is 169 Å². The fraction of sp³-hybridized carbons (Fsp3) is 0.105. The highest BCUT2D eigenvalue weighted by atomic mass is 35.5. The summed E-state index contributed by atoms with van der Waals surface area (Å²) in [5.41, 5.74) is 0.828. The van der Waals surface area contributed by atoms with Crippen LogP contribution in [-0.2, 0) is 11.4 Å². The van der Waals surface area contributed by atoms with Gasteiger partial charge in [0.15, 0.2) is 16.5 Å². The van der Waals surface area contributed by atoms with Crippen LogP contribution < -0.4 is 19.5 Å². The van der Waals surface area contributed by atoms with Gasteiger partial charge in [-0.2, -0.15) is 0 Å². The summed E-state index contributed by atoms with van der Waals surface area (Å²) in [7, 11) is 0. The van der Waals surface area contributed by atoms with Crippen LogP contribution in [-0.4, -0.2) is 22.9 Å². The van der Waals surface area contributed by atoms with E-state index in [-0.39, 0.29) is 19.3 Å². The number of rotatable bonds is 6. The van der Waals surface area contributed by atoms with Crippen molar-refractivity contribution in [1.29, 1.82) is 0 Å². The average Bonchev–Trinajstić information content (AvgIpc) is 3.34. The van der Waals surface area contributed by atoms with Gasteiger partial charge in [-0.25, -0.2) is 0 Å². The molecule has 1 amide bonds. The quantitative estimate of drug-likeness (QED) is 0.609. The van der Waals surface area contributed by atoms with E-state index < -0.39 is 0 Å². The van der Waals surface area contributed by atoms with Gasteiger partial charge in [0.25, 0.3) is 0 Å². The fourth-order valence-corrected chi connectivity index (χ4v) is 3.16. The molecule has 0 spiro atoms. The zero-order valence-electron chi connectivity index (χ0n) is 14.4. The Kier molecular flexibility index (Phi) is 5.41. The third-order valence-electron chi connectivity index (χ3n) is 3.70. The van der Waals surface area contributed by atoms with Gasteiger partial charge in [0.05, 0.1) is 0 Å². The van der Waals surface area contributed by atoms with Gasteiger partial charge in [-0.3, -0.25) is 10.1 Å². The molecule has 2 aromatic carbocycles. The van der Waals surface area contributed by atoms with Gasteiger partial charge >= 0.3 is 0 Å². The number of carbonyl (C=O) groups excluding carboxylic acids is 1. The van der Waals surface area contributed by atoms with Crippen molar-refractivity contribution in [2.75, 3.05) is 12.1 Å². The minimum Gasteiger partial charge on any atom is -0.486 e. The molecule has 1 aliphatic heterocycles. The van der Waals surface area contributed by atoms with Gasteiger partial charge in [0.2, 0.25) is 17.8 Å². The molecule has 3 aromatic rings. The Hall–Kier alpha value is -3.10. The molecule has 9 heteroatoms. The normalized spacial score (nSPS) is 12.3. The third kappa shape index (κ3) is 4.59. The summed E-state index contributed by atoms with van der Waals surface area (Å²) in [6.07, 6.45) is 3.10. The third-order valence-corrected chi connectivity index (χ3v) is 4.76. The lowest BCUT2D eigenvalue weighted by atomic mass is 10.2. The molecule has 0 saturated carbocycles. The first-order valence-corrected chi connectivity index (χ1v) is 9.45. The maximum Gasteiger partial charge on any atom is 0.250 e. The minimum atomic E-state index is -0.306. The first-order valence-electron chi connectivity index (χ1n) is 8.25. The van der Waals surface area contributed by atoms with Gasteiger partial charge in [-0.15, -0.1) is 10.2 Å². The summed E-state index contributed by atoms with van der Waals surface area (Å²) in [5, 5.41) is 12.3. The number of carbonyl (C=O) groups is 1. The zero-order chi connectivity index (χ0) is 19.3. The molecule has 1 N–H and O–H groups in total. The van der Waals surface area contributed by atoms with Gasteiger partial charge in [0, 0.05) is 11.1 Å². The van der Waals surface area contributed by atoms with Crippen molar-refractivity contribution >= 4 is 40.1 Å². The van der Waals surface area contributed by atoms with Crippen LogP contribution in [0.2, 0.25) is 5.02 Å². The van der Waals surface area contributed by atoms with Gasteiger partial charge in [0.1, 0.15) is 12.4 Å². The number of ether oxygens (including phenoxy) is 3. The summed E-state index contributed by atoms with van der Waals surface area (Å²) in [6.45, 7) is 0.465. The van der Waals surface area contributed by atoms with Crippen molar-refractivity contribution < 1.29 is 19.0 Å². The van der Waals surface area contributed by atoms with Crippen molar-refractivity contribution in [3.8, 4) is 17.2 Å².